The number of carbonyl (C=O) groups excluding carboxylic acids is 1. The van der Waals surface area contributed by atoms with E-state index in [1.807, 2.05) is 6.92 Å². The summed E-state index contributed by atoms with van der Waals surface area (Å²) in [7, 11) is 0. The molecular weight excluding hydrogens is 421 g/mol. The second-order valence-corrected chi connectivity index (χ2v) is 8.99. The van der Waals surface area contributed by atoms with Crippen LogP contribution in [0.4, 0.5) is 4.79 Å². The summed E-state index contributed by atoms with van der Waals surface area (Å²) in [5.41, 5.74) is 0. The molecule has 1 amide bonds. The Morgan fingerprint density at radius 3 is 2.19 bits per heavy atom. The molecule has 7 nitrogen and oxygen atoms in total. The highest BCUT2D eigenvalue weighted by molar-refractivity contribution is 6.67. The molecule has 160 valence electrons. The van der Waals surface area contributed by atoms with E-state index < -0.39 is 47.1 Å². The SMILES string of the molecule is CCCCOC1C(NC(=O)OCC(Cl)(Cl)Cl)[C@@H](O)OC(C)[C@@H]1OCCCC. The van der Waals surface area contributed by atoms with E-state index in [0.717, 1.165) is 25.7 Å². The Morgan fingerprint density at radius 1 is 1.11 bits per heavy atom. The number of halogens is 3. The number of hydrogen-bond donors (Lipinski definition) is 2. The van der Waals surface area contributed by atoms with Gasteiger partial charge in [0.05, 0.1) is 6.10 Å². The number of unbranched alkanes of at least 4 members (excludes halogenated alkanes) is 2. The van der Waals surface area contributed by atoms with Crippen LogP contribution < -0.4 is 5.32 Å². The fourth-order valence-corrected chi connectivity index (χ4v) is 2.81. The normalized spacial score (nSPS) is 28.8. The molecule has 0 aromatic carbocycles. The number of aliphatic hydroxyl groups is 1. The van der Waals surface area contributed by atoms with E-state index in [9.17, 15) is 9.90 Å². The third-order valence-electron chi connectivity index (χ3n) is 4.07. The molecule has 0 spiro atoms. The summed E-state index contributed by atoms with van der Waals surface area (Å²) in [5, 5.41) is 12.9. The topological polar surface area (TPSA) is 86.3 Å². The third-order valence-corrected chi connectivity index (χ3v) is 4.40. The van der Waals surface area contributed by atoms with Gasteiger partial charge in [0.1, 0.15) is 24.9 Å². The van der Waals surface area contributed by atoms with Crippen LogP contribution in [0.1, 0.15) is 46.5 Å². The number of nitrogens with one attached hydrogen (secondary N) is 1. The maximum Gasteiger partial charge on any atom is 0.407 e. The van der Waals surface area contributed by atoms with Gasteiger partial charge in [-0.25, -0.2) is 4.79 Å². The molecule has 10 heteroatoms. The summed E-state index contributed by atoms with van der Waals surface area (Å²) in [5.74, 6) is 0. The highest BCUT2D eigenvalue weighted by Gasteiger charge is 2.46. The lowest BCUT2D eigenvalue weighted by Gasteiger charge is -2.43. The summed E-state index contributed by atoms with van der Waals surface area (Å²) < 4.78 is 20.6. The van der Waals surface area contributed by atoms with Crippen LogP contribution in [0.5, 0.6) is 0 Å². The van der Waals surface area contributed by atoms with Crippen molar-refractivity contribution >= 4 is 40.9 Å². The summed E-state index contributed by atoms with van der Waals surface area (Å²) in [6.45, 7) is 6.48. The van der Waals surface area contributed by atoms with Crippen LogP contribution >= 0.6 is 34.8 Å². The molecule has 0 aromatic rings. The van der Waals surface area contributed by atoms with Gasteiger partial charge in [0, 0.05) is 13.2 Å². The Kier molecular flexibility index (Phi) is 11.6. The molecule has 2 N–H and O–H groups in total. The highest BCUT2D eigenvalue weighted by Crippen LogP contribution is 2.27. The smallest absolute Gasteiger partial charge is 0.407 e. The van der Waals surface area contributed by atoms with E-state index in [0.29, 0.717) is 13.2 Å². The van der Waals surface area contributed by atoms with Gasteiger partial charge in [-0.15, -0.1) is 0 Å². The van der Waals surface area contributed by atoms with Crippen LogP contribution in [0.15, 0.2) is 0 Å². The van der Waals surface area contributed by atoms with E-state index in [2.05, 4.69) is 12.2 Å². The Hall–Kier alpha value is -0.0200. The van der Waals surface area contributed by atoms with E-state index in [1.54, 1.807) is 6.92 Å². The number of amides is 1. The van der Waals surface area contributed by atoms with Gasteiger partial charge in [-0.2, -0.15) is 0 Å². The predicted octanol–water partition coefficient (Wildman–Crippen LogP) is 3.56. The lowest BCUT2D eigenvalue weighted by Crippen LogP contribution is -2.64. The first-order valence-electron chi connectivity index (χ1n) is 9.26. The number of ether oxygens (including phenoxy) is 4. The summed E-state index contributed by atoms with van der Waals surface area (Å²) in [6, 6.07) is -0.882. The Labute approximate surface area is 175 Å². The Bertz CT molecular complexity index is 437. The van der Waals surface area contributed by atoms with Crippen LogP contribution in [0.25, 0.3) is 0 Å². The fraction of sp³-hybridized carbons (Fsp3) is 0.941. The van der Waals surface area contributed by atoms with Crippen LogP contribution in [0, 0.1) is 0 Å². The van der Waals surface area contributed by atoms with Crippen molar-refractivity contribution < 1.29 is 28.8 Å². The van der Waals surface area contributed by atoms with Gasteiger partial charge in [-0.3, -0.25) is 0 Å². The van der Waals surface area contributed by atoms with Gasteiger partial charge in [0.2, 0.25) is 3.79 Å². The zero-order chi connectivity index (χ0) is 20.4. The predicted molar refractivity (Wildman–Crippen MR) is 104 cm³/mol. The zero-order valence-electron chi connectivity index (χ0n) is 16.0. The van der Waals surface area contributed by atoms with Crippen molar-refractivity contribution in [1.82, 2.24) is 5.32 Å². The molecular formula is C17H30Cl3NO6. The standard InChI is InChI=1S/C17H30Cl3NO6/c1-4-6-8-24-13-11(3)27-15(22)12(14(13)25-9-7-5-2)21-16(23)26-10-17(18,19)20/h11-15,22H,4-10H2,1-3H3,(H,21,23)/t11?,12?,13-,14?,15-/m0/s1. The molecule has 1 aliphatic heterocycles. The lowest BCUT2D eigenvalue weighted by atomic mass is 9.97. The average Bonchev–Trinajstić information content (AvgIpc) is 2.58. The molecule has 1 fully saturated rings. The first-order valence-corrected chi connectivity index (χ1v) is 10.4. The van der Waals surface area contributed by atoms with Gasteiger partial charge in [0.25, 0.3) is 0 Å². The molecule has 1 aliphatic rings. The molecule has 5 atom stereocenters. The summed E-state index contributed by atoms with van der Waals surface area (Å²) in [6.07, 6.45) is 0.0766. The molecule has 1 heterocycles. The van der Waals surface area contributed by atoms with Crippen LogP contribution in [-0.4, -0.2) is 65.5 Å². The van der Waals surface area contributed by atoms with Crippen molar-refractivity contribution in [2.24, 2.45) is 0 Å². The second-order valence-electron chi connectivity index (χ2n) is 6.47. The average molecular weight is 451 g/mol. The Balaban J connectivity index is 2.81. The number of rotatable bonds is 10. The third kappa shape index (κ3) is 9.35. The molecule has 0 aromatic heterocycles. The minimum absolute atomic E-state index is 0.404. The number of carbonyl (C=O) groups is 1. The maximum atomic E-state index is 12.1. The second kappa shape index (κ2) is 12.5. The Morgan fingerprint density at radius 2 is 1.67 bits per heavy atom. The van der Waals surface area contributed by atoms with E-state index >= 15 is 0 Å². The summed E-state index contributed by atoms with van der Waals surface area (Å²) in [4.78, 5) is 12.1. The maximum absolute atomic E-state index is 12.1. The number of hydrogen-bond acceptors (Lipinski definition) is 6. The van der Waals surface area contributed by atoms with Gasteiger partial charge in [0.15, 0.2) is 6.29 Å². The zero-order valence-corrected chi connectivity index (χ0v) is 18.2. The molecule has 3 unspecified atom stereocenters. The van der Waals surface area contributed by atoms with Gasteiger partial charge in [-0.1, -0.05) is 61.5 Å². The van der Waals surface area contributed by atoms with Crippen molar-refractivity contribution in [2.45, 2.75) is 80.9 Å². The molecule has 0 saturated carbocycles. The van der Waals surface area contributed by atoms with E-state index in [4.69, 9.17) is 53.8 Å². The quantitative estimate of drug-likeness (QED) is 0.391. The van der Waals surface area contributed by atoms with Crippen LogP contribution in [0.3, 0.4) is 0 Å². The van der Waals surface area contributed by atoms with Gasteiger partial charge in [-0.05, 0) is 19.8 Å². The van der Waals surface area contributed by atoms with Crippen LogP contribution in [-0.2, 0) is 18.9 Å². The van der Waals surface area contributed by atoms with Crippen molar-refractivity contribution in [3.8, 4) is 0 Å². The number of alkyl halides is 3. The molecule has 0 radical (unpaired) electrons. The van der Waals surface area contributed by atoms with Crippen molar-refractivity contribution in [3.63, 3.8) is 0 Å². The first kappa shape index (κ1) is 25.0. The highest BCUT2D eigenvalue weighted by atomic mass is 35.6. The lowest BCUT2D eigenvalue weighted by molar-refractivity contribution is -0.260. The molecule has 0 aliphatic carbocycles. The van der Waals surface area contributed by atoms with E-state index in [1.165, 1.54) is 0 Å². The molecule has 1 rings (SSSR count). The van der Waals surface area contributed by atoms with Crippen molar-refractivity contribution in [3.05, 3.63) is 0 Å². The van der Waals surface area contributed by atoms with Crippen LogP contribution in [0.2, 0.25) is 0 Å². The largest absolute Gasteiger partial charge is 0.445 e. The van der Waals surface area contributed by atoms with Crippen molar-refractivity contribution in [2.75, 3.05) is 19.8 Å². The van der Waals surface area contributed by atoms with E-state index in [-0.39, 0.29) is 0 Å². The molecule has 27 heavy (non-hydrogen) atoms. The monoisotopic (exact) mass is 449 g/mol. The molecule has 0 bridgehead atoms. The van der Waals surface area contributed by atoms with Crippen molar-refractivity contribution in [1.29, 1.82) is 0 Å². The number of alkyl carbamates (subject to hydrolysis) is 1. The van der Waals surface area contributed by atoms with Gasteiger partial charge < -0.3 is 29.4 Å². The first-order chi connectivity index (χ1) is 12.7. The molecule has 1 saturated heterocycles. The number of aliphatic hydroxyl groups excluding tert-OH is 1. The minimum Gasteiger partial charge on any atom is -0.445 e. The summed E-state index contributed by atoms with van der Waals surface area (Å²) >= 11 is 16.7. The minimum atomic E-state index is -1.73. The fourth-order valence-electron chi connectivity index (χ4n) is 2.65. The van der Waals surface area contributed by atoms with Gasteiger partial charge >= 0.3 is 6.09 Å².